The Kier molecular flexibility index (Phi) is 21.1. The van der Waals surface area contributed by atoms with Crippen molar-refractivity contribution in [3.05, 3.63) is 55.2 Å². The number of nitrogens with zero attached hydrogens (tertiary/aromatic N) is 2. The van der Waals surface area contributed by atoms with Crippen molar-refractivity contribution in [2.45, 2.75) is 107 Å². The van der Waals surface area contributed by atoms with Crippen LogP contribution in [0.25, 0.3) is 0 Å². The van der Waals surface area contributed by atoms with Crippen LogP contribution in [-0.4, -0.2) is 49.8 Å². The van der Waals surface area contributed by atoms with Gasteiger partial charge in [-0.2, -0.15) is 0 Å². The first kappa shape index (κ1) is 45.1. The Balaban J connectivity index is -0.000000305. The zero-order valence-electron chi connectivity index (χ0n) is 25.3. The number of amides is 2. The number of hydrogen-bond donors (Lipinski definition) is 3. The minimum absolute atomic E-state index is 0. The first-order valence-electron chi connectivity index (χ1n) is 11.9. The molecule has 0 atom stereocenters. The first-order valence-corrected chi connectivity index (χ1v) is 11.9. The van der Waals surface area contributed by atoms with E-state index in [1.807, 2.05) is 0 Å². The second kappa shape index (κ2) is 19.2. The van der Waals surface area contributed by atoms with E-state index in [9.17, 15) is 19.5 Å². The molecule has 0 spiro atoms. The minimum Gasteiger partial charge on any atom is -0.444 e. The molecule has 0 saturated carbocycles. The van der Waals surface area contributed by atoms with Crippen LogP contribution in [-0.2, 0) is 27.1 Å². The number of pyridine rings is 2. The van der Waals surface area contributed by atoms with Gasteiger partial charge < -0.3 is 22.0 Å². The van der Waals surface area contributed by atoms with Crippen LogP contribution < -0.4 is 29.5 Å². The van der Waals surface area contributed by atoms with Gasteiger partial charge in [0.1, 0.15) is 28.6 Å². The predicted molar refractivity (Wildman–Crippen MR) is 162 cm³/mol. The number of nitrogens with one attached hydrogen (secondary N) is 2. The monoisotopic (exact) mass is 570 g/mol. The normalized spacial score (nSPS) is 10.4. The molecule has 0 aliphatic heterocycles. The summed E-state index contributed by atoms with van der Waals surface area (Å²) < 4.78 is 10.2. The standard InChI is InChI=1S/C14H22N2O3.C13H18N2O3.2CH4.CH3.Li/c1-13(2,3)19-12(17)16-11-8-10(6-7-15-11)9-14(4,5)18;1-9(16)7-10-5-6-14-11(8-10)15-12(17)18-13(2,3)4;;;;/h6-8,18H,9H2,1-5H3,(H,15,16,17);5-6,8H,7H2,1-4H3,(H,14,15,17);2*1H4;1H3;/q;;;;-1;+1. The fourth-order valence-electron chi connectivity index (χ4n) is 2.91. The fourth-order valence-corrected chi connectivity index (χ4v) is 2.91. The van der Waals surface area contributed by atoms with Crippen LogP contribution in [0.15, 0.2) is 36.7 Å². The summed E-state index contributed by atoms with van der Waals surface area (Å²) in [4.78, 5) is 42.2. The van der Waals surface area contributed by atoms with Crippen molar-refractivity contribution in [2.75, 3.05) is 10.6 Å². The average molecular weight is 571 g/mol. The van der Waals surface area contributed by atoms with Crippen molar-refractivity contribution in [1.29, 1.82) is 0 Å². The molecular formula is C30H51LiN4O6. The smallest absolute Gasteiger partial charge is 0.444 e. The van der Waals surface area contributed by atoms with Gasteiger partial charge in [0.05, 0.1) is 5.60 Å². The molecule has 0 aliphatic rings. The van der Waals surface area contributed by atoms with Gasteiger partial charge in [-0.05, 0) is 97.7 Å². The van der Waals surface area contributed by atoms with Crippen LogP contribution >= 0.6 is 0 Å². The molecule has 2 aromatic heterocycles. The summed E-state index contributed by atoms with van der Waals surface area (Å²) in [6.45, 7) is 15.7. The molecule has 3 N–H and O–H groups in total. The maximum Gasteiger partial charge on any atom is 1.00 e. The van der Waals surface area contributed by atoms with E-state index in [0.717, 1.165) is 11.1 Å². The molecule has 0 aliphatic carbocycles. The molecule has 10 nitrogen and oxygen atoms in total. The van der Waals surface area contributed by atoms with Crippen LogP contribution in [0.4, 0.5) is 21.2 Å². The van der Waals surface area contributed by atoms with Crippen LogP contribution in [0.5, 0.6) is 0 Å². The number of ketones is 1. The van der Waals surface area contributed by atoms with Gasteiger partial charge >= 0.3 is 31.0 Å². The van der Waals surface area contributed by atoms with Crippen LogP contribution in [0, 0.1) is 7.43 Å². The largest absolute Gasteiger partial charge is 1.00 e. The van der Waals surface area contributed by atoms with Crippen LogP contribution in [0.2, 0.25) is 0 Å². The number of ether oxygens (including phenoxy) is 2. The summed E-state index contributed by atoms with van der Waals surface area (Å²) >= 11 is 0. The molecule has 0 saturated heterocycles. The number of carbonyl (C=O) groups excluding carboxylic acids is 3. The predicted octanol–water partition coefficient (Wildman–Crippen LogP) is 4.03. The maximum absolute atomic E-state index is 11.6. The molecule has 0 fully saturated rings. The number of Topliss-reactive ketones (excluding diaryl/α,β-unsaturated/α-hetero) is 1. The summed E-state index contributed by atoms with van der Waals surface area (Å²) in [6, 6.07) is 6.92. The van der Waals surface area contributed by atoms with E-state index >= 15 is 0 Å². The van der Waals surface area contributed by atoms with E-state index < -0.39 is 29.0 Å². The fraction of sp³-hybridized carbons (Fsp3) is 0.533. The topological polar surface area (TPSA) is 140 Å². The molecule has 41 heavy (non-hydrogen) atoms. The first-order chi connectivity index (χ1) is 16.8. The Morgan fingerprint density at radius 2 is 1.15 bits per heavy atom. The number of aromatic nitrogens is 2. The summed E-state index contributed by atoms with van der Waals surface area (Å²) in [5, 5.41) is 14.9. The number of aliphatic hydroxyl groups is 1. The Hall–Kier alpha value is -2.93. The van der Waals surface area contributed by atoms with Crippen molar-refractivity contribution in [3.63, 3.8) is 0 Å². The number of hydrogen-bond acceptors (Lipinski definition) is 8. The molecule has 2 heterocycles. The van der Waals surface area contributed by atoms with Crippen molar-refractivity contribution in [2.24, 2.45) is 0 Å². The van der Waals surface area contributed by atoms with Gasteiger partial charge in [0.25, 0.3) is 0 Å². The molecule has 0 radical (unpaired) electrons. The quantitative estimate of drug-likeness (QED) is 0.349. The summed E-state index contributed by atoms with van der Waals surface area (Å²) in [5.41, 5.74) is -0.197. The third-order valence-corrected chi connectivity index (χ3v) is 4.00. The minimum atomic E-state index is -0.801. The number of carbonyl (C=O) groups is 3. The molecule has 2 rings (SSSR count). The number of rotatable bonds is 6. The molecule has 228 valence electrons. The van der Waals surface area contributed by atoms with Crippen molar-refractivity contribution < 1.29 is 47.8 Å². The third-order valence-electron chi connectivity index (χ3n) is 4.00. The van der Waals surface area contributed by atoms with Gasteiger partial charge in [-0.1, -0.05) is 14.9 Å². The van der Waals surface area contributed by atoms with E-state index in [1.165, 1.54) is 6.92 Å². The van der Waals surface area contributed by atoms with Crippen LogP contribution in [0.1, 0.15) is 88.3 Å². The maximum atomic E-state index is 11.6. The molecular weight excluding hydrogens is 519 g/mol. The zero-order valence-corrected chi connectivity index (χ0v) is 25.3. The Morgan fingerprint density at radius 3 is 1.49 bits per heavy atom. The molecule has 0 aromatic carbocycles. The van der Waals surface area contributed by atoms with E-state index in [-0.39, 0.29) is 46.9 Å². The average Bonchev–Trinajstić information content (AvgIpc) is 2.64. The third kappa shape index (κ3) is 23.5. The van der Waals surface area contributed by atoms with Crippen molar-refractivity contribution >= 4 is 29.6 Å². The Bertz CT molecular complexity index is 1070. The molecule has 0 bridgehead atoms. The Labute approximate surface area is 259 Å². The van der Waals surface area contributed by atoms with Crippen molar-refractivity contribution in [3.8, 4) is 0 Å². The van der Waals surface area contributed by atoms with E-state index in [4.69, 9.17) is 9.47 Å². The molecule has 11 heteroatoms. The molecule has 0 unspecified atom stereocenters. The van der Waals surface area contributed by atoms with E-state index in [0.29, 0.717) is 24.5 Å². The van der Waals surface area contributed by atoms with Gasteiger partial charge in [-0.25, -0.2) is 19.6 Å². The second-order valence-corrected chi connectivity index (χ2v) is 11.2. The second-order valence-electron chi connectivity index (χ2n) is 11.2. The van der Waals surface area contributed by atoms with Gasteiger partial charge in [-0.15, -0.1) is 0 Å². The van der Waals surface area contributed by atoms with Crippen molar-refractivity contribution in [1.82, 2.24) is 9.97 Å². The summed E-state index contributed by atoms with van der Waals surface area (Å²) in [7, 11) is 0. The zero-order chi connectivity index (χ0) is 28.4. The van der Waals surface area contributed by atoms with E-state index in [2.05, 4.69) is 20.6 Å². The van der Waals surface area contributed by atoms with Gasteiger partial charge in [0, 0.05) is 25.2 Å². The van der Waals surface area contributed by atoms with Gasteiger partial charge in [-0.3, -0.25) is 15.4 Å². The van der Waals surface area contributed by atoms with Crippen LogP contribution in [0.3, 0.4) is 0 Å². The van der Waals surface area contributed by atoms with Gasteiger partial charge in [0.2, 0.25) is 0 Å². The van der Waals surface area contributed by atoms with E-state index in [1.54, 1.807) is 92.0 Å². The number of anilines is 2. The summed E-state index contributed by atoms with van der Waals surface area (Å²) in [6.07, 6.45) is 2.85. The Morgan fingerprint density at radius 1 is 0.780 bits per heavy atom. The molecule has 2 amide bonds. The molecule has 2 aromatic rings. The summed E-state index contributed by atoms with van der Waals surface area (Å²) in [5.74, 6) is 0.850. The van der Waals surface area contributed by atoms with Gasteiger partial charge in [0.15, 0.2) is 0 Å². The SMILES string of the molecule is C.C.CC(=O)Cc1ccnc(NC(=O)OC(C)(C)C)c1.CC(C)(O)Cc1ccnc(NC(=O)OC(C)(C)C)c1.[CH3-].[Li+].